The highest BCUT2D eigenvalue weighted by Gasteiger charge is 2.29. The Balaban J connectivity index is 1.95. The largest absolute Gasteiger partial charge is 0.506 e. The number of aromatic hydroxyl groups is 1. The highest BCUT2D eigenvalue weighted by molar-refractivity contribution is 6.35. The number of benzene rings is 1. The zero-order chi connectivity index (χ0) is 15.5. The van der Waals surface area contributed by atoms with Crippen LogP contribution in [-0.4, -0.2) is 48.2 Å². The lowest BCUT2D eigenvalue weighted by atomic mass is 10.1. The Hall–Kier alpha value is -1.26. The van der Waals surface area contributed by atoms with Crippen molar-refractivity contribution >= 4 is 17.5 Å². The molecule has 1 aliphatic rings. The molecule has 1 amide bonds. The fourth-order valence-corrected chi connectivity index (χ4v) is 3.34. The van der Waals surface area contributed by atoms with Crippen molar-refractivity contribution in [1.82, 2.24) is 5.32 Å². The third kappa shape index (κ3) is 3.50. The van der Waals surface area contributed by atoms with Gasteiger partial charge in [0.15, 0.2) is 0 Å². The van der Waals surface area contributed by atoms with Crippen molar-refractivity contribution in [2.45, 2.75) is 26.7 Å². The van der Waals surface area contributed by atoms with Crippen molar-refractivity contribution in [1.29, 1.82) is 0 Å². The van der Waals surface area contributed by atoms with Crippen molar-refractivity contribution < 1.29 is 14.4 Å². The Labute approximate surface area is 131 Å². The minimum Gasteiger partial charge on any atom is -0.506 e. The molecular formula is C16H24ClN2O2+. The number of rotatable bonds is 5. The molecule has 1 aliphatic heterocycles. The number of hydrogen-bond donors (Lipinski definition) is 2. The first kappa shape index (κ1) is 16.1. The van der Waals surface area contributed by atoms with Crippen molar-refractivity contribution in [2.75, 3.05) is 32.7 Å². The number of phenolic OH excluding ortho intramolecular Hbond substituents is 1. The zero-order valence-electron chi connectivity index (χ0n) is 12.8. The smallest absolute Gasteiger partial charge is 0.253 e. The van der Waals surface area contributed by atoms with E-state index in [0.717, 1.165) is 17.6 Å². The number of nitrogens with one attached hydrogen (secondary N) is 1. The highest BCUT2D eigenvalue weighted by atomic mass is 35.5. The molecule has 0 unspecified atom stereocenters. The molecule has 0 spiro atoms. The van der Waals surface area contributed by atoms with Crippen LogP contribution in [0.5, 0.6) is 5.75 Å². The van der Waals surface area contributed by atoms with Crippen LogP contribution in [0.2, 0.25) is 5.02 Å². The van der Waals surface area contributed by atoms with Crippen LogP contribution in [-0.2, 0) is 0 Å². The van der Waals surface area contributed by atoms with Gasteiger partial charge < -0.3 is 14.9 Å². The normalized spacial score (nSPS) is 16.9. The fourth-order valence-electron chi connectivity index (χ4n) is 3.04. The molecule has 1 aromatic carbocycles. The van der Waals surface area contributed by atoms with E-state index in [1.807, 2.05) is 0 Å². The van der Waals surface area contributed by atoms with Crippen molar-refractivity contribution in [3.63, 3.8) is 0 Å². The lowest BCUT2D eigenvalue weighted by Crippen LogP contribution is -2.49. The molecule has 2 rings (SSSR count). The van der Waals surface area contributed by atoms with E-state index in [9.17, 15) is 9.90 Å². The van der Waals surface area contributed by atoms with Gasteiger partial charge in [-0.1, -0.05) is 17.7 Å². The Morgan fingerprint density at radius 3 is 2.67 bits per heavy atom. The first-order valence-electron chi connectivity index (χ1n) is 7.60. The lowest BCUT2D eigenvalue weighted by molar-refractivity contribution is -0.913. The highest BCUT2D eigenvalue weighted by Crippen LogP contribution is 2.30. The van der Waals surface area contributed by atoms with Gasteiger partial charge in [-0.15, -0.1) is 0 Å². The van der Waals surface area contributed by atoms with Gasteiger partial charge in [-0.2, -0.15) is 0 Å². The summed E-state index contributed by atoms with van der Waals surface area (Å²) in [7, 11) is 0. The number of hydrogen-bond acceptors (Lipinski definition) is 2. The van der Waals surface area contributed by atoms with Crippen LogP contribution >= 0.6 is 11.6 Å². The maximum Gasteiger partial charge on any atom is 0.253 e. The van der Waals surface area contributed by atoms with Crippen LogP contribution in [0.25, 0.3) is 0 Å². The molecule has 0 saturated carbocycles. The predicted molar refractivity (Wildman–Crippen MR) is 84.8 cm³/mol. The summed E-state index contributed by atoms with van der Waals surface area (Å²) in [5.74, 6) is -0.232. The molecule has 0 aliphatic carbocycles. The second-order valence-electron chi connectivity index (χ2n) is 5.88. The number of amides is 1. The minimum atomic E-state index is -0.219. The van der Waals surface area contributed by atoms with Gasteiger partial charge in [-0.25, -0.2) is 0 Å². The van der Waals surface area contributed by atoms with E-state index in [4.69, 9.17) is 11.6 Å². The Bertz CT molecular complexity index is 525. The molecular weight excluding hydrogens is 288 g/mol. The quantitative estimate of drug-likeness (QED) is 0.822. The number of likely N-dealkylation sites (tertiary alicyclic amines) is 1. The molecule has 1 saturated heterocycles. The standard InChI is InChI=1S/C16H23ClN2O2/c1-3-19(9-4-5-10-19)11-8-18-16(21)13-7-6-12(2)15(20)14(13)17/h6-7H,3-5,8-11H2,1-2H3,(H-,18,20,21)/p+1. The summed E-state index contributed by atoms with van der Waals surface area (Å²) in [4.78, 5) is 12.2. The molecule has 0 bridgehead atoms. The van der Waals surface area contributed by atoms with Gasteiger partial charge in [0.25, 0.3) is 5.91 Å². The molecule has 1 aromatic rings. The molecule has 116 valence electrons. The number of nitrogens with zero attached hydrogens (tertiary/aromatic N) is 1. The topological polar surface area (TPSA) is 49.3 Å². The zero-order valence-corrected chi connectivity index (χ0v) is 13.5. The average molecular weight is 312 g/mol. The van der Waals surface area contributed by atoms with E-state index >= 15 is 0 Å². The van der Waals surface area contributed by atoms with Gasteiger partial charge >= 0.3 is 0 Å². The molecule has 0 atom stereocenters. The molecule has 1 heterocycles. The molecule has 5 heteroatoms. The van der Waals surface area contributed by atoms with E-state index in [0.29, 0.717) is 17.7 Å². The number of quaternary nitrogens is 1. The van der Waals surface area contributed by atoms with Crippen LogP contribution < -0.4 is 5.32 Å². The van der Waals surface area contributed by atoms with Gasteiger partial charge in [0.05, 0.1) is 43.3 Å². The molecule has 1 fully saturated rings. The number of aryl methyl sites for hydroxylation is 1. The summed E-state index contributed by atoms with van der Waals surface area (Å²) in [6.45, 7) is 9.08. The summed E-state index contributed by atoms with van der Waals surface area (Å²) in [5, 5.41) is 12.9. The van der Waals surface area contributed by atoms with Crippen LogP contribution in [0.15, 0.2) is 12.1 Å². The van der Waals surface area contributed by atoms with Crippen LogP contribution in [0.3, 0.4) is 0 Å². The van der Waals surface area contributed by atoms with Crippen LogP contribution in [0, 0.1) is 6.92 Å². The number of halogens is 1. The summed E-state index contributed by atoms with van der Waals surface area (Å²) >= 11 is 6.04. The molecule has 2 N–H and O–H groups in total. The van der Waals surface area contributed by atoms with E-state index in [1.165, 1.54) is 25.9 Å². The van der Waals surface area contributed by atoms with E-state index < -0.39 is 0 Å². The second-order valence-corrected chi connectivity index (χ2v) is 6.26. The van der Waals surface area contributed by atoms with Crippen LogP contribution in [0.4, 0.5) is 0 Å². The van der Waals surface area contributed by atoms with Crippen molar-refractivity contribution in [2.24, 2.45) is 0 Å². The van der Waals surface area contributed by atoms with E-state index in [1.54, 1.807) is 19.1 Å². The van der Waals surface area contributed by atoms with Gasteiger partial charge in [0, 0.05) is 12.8 Å². The average Bonchev–Trinajstić information content (AvgIpc) is 2.94. The third-order valence-corrected chi connectivity index (χ3v) is 5.00. The first-order chi connectivity index (χ1) is 9.99. The summed E-state index contributed by atoms with van der Waals surface area (Å²) in [6.07, 6.45) is 2.55. The van der Waals surface area contributed by atoms with Gasteiger partial charge in [0.1, 0.15) is 5.75 Å². The van der Waals surface area contributed by atoms with E-state index in [2.05, 4.69) is 12.2 Å². The summed E-state index contributed by atoms with van der Waals surface area (Å²) in [5.41, 5.74) is 1.01. The Morgan fingerprint density at radius 1 is 1.38 bits per heavy atom. The number of likely N-dealkylation sites (N-methyl/N-ethyl adjacent to an activating group) is 1. The third-order valence-electron chi connectivity index (χ3n) is 4.62. The number of carbonyl (C=O) groups excluding carboxylic acids is 1. The predicted octanol–water partition coefficient (Wildman–Crippen LogP) is 2.71. The maximum absolute atomic E-state index is 12.2. The molecule has 0 radical (unpaired) electrons. The van der Waals surface area contributed by atoms with Gasteiger partial charge in [-0.3, -0.25) is 4.79 Å². The summed E-state index contributed by atoms with van der Waals surface area (Å²) < 4.78 is 1.09. The van der Waals surface area contributed by atoms with E-state index in [-0.39, 0.29) is 16.7 Å². The minimum absolute atomic E-state index is 0.0130. The lowest BCUT2D eigenvalue weighted by Gasteiger charge is -2.33. The maximum atomic E-state index is 12.2. The Kier molecular flexibility index (Phi) is 5.12. The van der Waals surface area contributed by atoms with Crippen molar-refractivity contribution in [3.05, 3.63) is 28.3 Å². The molecule has 4 nitrogen and oxygen atoms in total. The second kappa shape index (κ2) is 6.67. The van der Waals surface area contributed by atoms with Gasteiger partial charge in [0.2, 0.25) is 0 Å². The molecule has 0 aromatic heterocycles. The monoisotopic (exact) mass is 311 g/mol. The van der Waals surface area contributed by atoms with Gasteiger partial charge in [-0.05, 0) is 25.5 Å². The molecule has 21 heavy (non-hydrogen) atoms. The number of phenols is 1. The summed E-state index contributed by atoms with van der Waals surface area (Å²) in [6, 6.07) is 3.36. The van der Waals surface area contributed by atoms with Crippen molar-refractivity contribution in [3.8, 4) is 5.75 Å². The van der Waals surface area contributed by atoms with Crippen LogP contribution in [0.1, 0.15) is 35.7 Å². The number of carbonyl (C=O) groups is 1. The Morgan fingerprint density at radius 2 is 2.05 bits per heavy atom. The fraction of sp³-hybridized carbons (Fsp3) is 0.562. The SMILES string of the molecule is CC[N+]1(CCNC(=O)c2ccc(C)c(O)c2Cl)CCCC1. The first-order valence-corrected chi connectivity index (χ1v) is 7.98.